The van der Waals surface area contributed by atoms with Gasteiger partial charge in [-0.3, -0.25) is 0 Å². The van der Waals surface area contributed by atoms with E-state index < -0.39 is 0 Å². The van der Waals surface area contributed by atoms with Gasteiger partial charge in [-0.1, -0.05) is 26.7 Å². The monoisotopic (exact) mass is 213 g/mol. The molecule has 0 aromatic carbocycles. The molecule has 0 bridgehead atoms. The highest BCUT2D eigenvalue weighted by Crippen LogP contribution is 2.20. The molecule has 1 N–H and O–H groups in total. The topological polar surface area (TPSA) is 21.3 Å². The molecule has 2 unspecified atom stereocenters. The molecule has 1 rings (SSSR count). The van der Waals surface area contributed by atoms with Crippen molar-refractivity contribution < 1.29 is 4.74 Å². The molecule has 1 fully saturated rings. The molecular formula is C13H27NO. The standard InChI is InChI=1S/C13H27NO/c1-3-5-6-13(14-8-4-2)10-12-7-9-15-11-12/h12-14H,3-11H2,1-2H3. The van der Waals surface area contributed by atoms with E-state index in [2.05, 4.69) is 19.2 Å². The van der Waals surface area contributed by atoms with Crippen molar-refractivity contribution in [3.05, 3.63) is 0 Å². The second-order valence-corrected chi connectivity index (χ2v) is 4.76. The average molecular weight is 213 g/mol. The Hall–Kier alpha value is -0.0800. The first-order valence-corrected chi connectivity index (χ1v) is 6.68. The van der Waals surface area contributed by atoms with Crippen LogP contribution in [0, 0.1) is 5.92 Å². The molecule has 1 heterocycles. The van der Waals surface area contributed by atoms with Crippen LogP contribution in [0.2, 0.25) is 0 Å². The van der Waals surface area contributed by atoms with Crippen molar-refractivity contribution in [2.24, 2.45) is 5.92 Å². The Morgan fingerprint density at radius 1 is 1.33 bits per heavy atom. The predicted molar refractivity (Wildman–Crippen MR) is 65.1 cm³/mol. The lowest BCUT2D eigenvalue weighted by Crippen LogP contribution is -2.32. The van der Waals surface area contributed by atoms with Crippen LogP contribution in [0.5, 0.6) is 0 Å². The predicted octanol–water partition coefficient (Wildman–Crippen LogP) is 2.97. The second-order valence-electron chi connectivity index (χ2n) is 4.76. The summed E-state index contributed by atoms with van der Waals surface area (Å²) in [5.41, 5.74) is 0. The van der Waals surface area contributed by atoms with Gasteiger partial charge < -0.3 is 10.1 Å². The number of hydrogen-bond donors (Lipinski definition) is 1. The Kier molecular flexibility index (Phi) is 7.03. The van der Waals surface area contributed by atoms with E-state index in [1.165, 1.54) is 45.1 Å². The molecule has 0 aromatic heterocycles. The molecule has 0 radical (unpaired) electrons. The van der Waals surface area contributed by atoms with Crippen LogP contribution in [0.15, 0.2) is 0 Å². The normalized spacial score (nSPS) is 23.2. The summed E-state index contributed by atoms with van der Waals surface area (Å²) >= 11 is 0. The minimum absolute atomic E-state index is 0.733. The van der Waals surface area contributed by atoms with Gasteiger partial charge in [-0.05, 0) is 38.1 Å². The molecule has 0 aromatic rings. The van der Waals surface area contributed by atoms with Crippen LogP contribution >= 0.6 is 0 Å². The highest BCUT2D eigenvalue weighted by Gasteiger charge is 2.19. The molecule has 2 nitrogen and oxygen atoms in total. The fourth-order valence-corrected chi connectivity index (χ4v) is 2.27. The summed E-state index contributed by atoms with van der Waals surface area (Å²) in [5, 5.41) is 3.68. The Labute approximate surface area is 94.8 Å². The summed E-state index contributed by atoms with van der Waals surface area (Å²) in [5.74, 6) is 0.816. The summed E-state index contributed by atoms with van der Waals surface area (Å²) in [7, 11) is 0. The zero-order valence-corrected chi connectivity index (χ0v) is 10.4. The number of hydrogen-bond acceptors (Lipinski definition) is 2. The molecule has 0 aliphatic carbocycles. The third-order valence-corrected chi connectivity index (χ3v) is 3.23. The van der Waals surface area contributed by atoms with E-state index in [0.717, 1.165) is 25.2 Å². The summed E-state index contributed by atoms with van der Waals surface area (Å²) in [6, 6.07) is 0.733. The second kappa shape index (κ2) is 8.12. The summed E-state index contributed by atoms with van der Waals surface area (Å²) in [6.45, 7) is 7.66. The van der Waals surface area contributed by atoms with Gasteiger partial charge in [0.05, 0.1) is 0 Å². The first kappa shape index (κ1) is 13.0. The molecule has 15 heavy (non-hydrogen) atoms. The largest absolute Gasteiger partial charge is 0.381 e. The van der Waals surface area contributed by atoms with Crippen LogP contribution in [0.1, 0.15) is 52.4 Å². The zero-order chi connectivity index (χ0) is 10.9. The van der Waals surface area contributed by atoms with Crippen molar-refractivity contribution >= 4 is 0 Å². The van der Waals surface area contributed by atoms with Gasteiger partial charge in [0.2, 0.25) is 0 Å². The Bertz CT molecular complexity index is 135. The molecule has 1 saturated heterocycles. The SMILES string of the molecule is CCCCC(CC1CCOC1)NCCC. The third-order valence-electron chi connectivity index (χ3n) is 3.23. The van der Waals surface area contributed by atoms with E-state index in [1.54, 1.807) is 0 Å². The first-order chi connectivity index (χ1) is 7.36. The van der Waals surface area contributed by atoms with Gasteiger partial charge >= 0.3 is 0 Å². The maximum Gasteiger partial charge on any atom is 0.0495 e. The fourth-order valence-electron chi connectivity index (χ4n) is 2.27. The summed E-state index contributed by atoms with van der Waals surface area (Å²) < 4.78 is 5.44. The van der Waals surface area contributed by atoms with Crippen molar-refractivity contribution in [2.45, 2.75) is 58.4 Å². The van der Waals surface area contributed by atoms with E-state index in [-0.39, 0.29) is 0 Å². The molecule has 0 saturated carbocycles. The van der Waals surface area contributed by atoms with Gasteiger partial charge in [-0.25, -0.2) is 0 Å². The van der Waals surface area contributed by atoms with Crippen LogP contribution in [-0.2, 0) is 4.74 Å². The Morgan fingerprint density at radius 3 is 2.80 bits per heavy atom. The van der Waals surface area contributed by atoms with Crippen LogP contribution < -0.4 is 5.32 Å². The van der Waals surface area contributed by atoms with Crippen LogP contribution in [0.4, 0.5) is 0 Å². The van der Waals surface area contributed by atoms with Gasteiger partial charge in [-0.15, -0.1) is 0 Å². The third kappa shape index (κ3) is 5.53. The number of rotatable bonds is 8. The molecule has 2 heteroatoms. The van der Waals surface area contributed by atoms with Crippen molar-refractivity contribution in [1.82, 2.24) is 5.32 Å². The van der Waals surface area contributed by atoms with Gasteiger partial charge in [0.1, 0.15) is 0 Å². The number of nitrogens with one attached hydrogen (secondary N) is 1. The van der Waals surface area contributed by atoms with Gasteiger partial charge in [0.25, 0.3) is 0 Å². The van der Waals surface area contributed by atoms with Crippen molar-refractivity contribution in [1.29, 1.82) is 0 Å². The number of ether oxygens (including phenoxy) is 1. The average Bonchev–Trinajstić information content (AvgIpc) is 2.74. The van der Waals surface area contributed by atoms with E-state index in [1.807, 2.05) is 0 Å². The van der Waals surface area contributed by atoms with E-state index in [9.17, 15) is 0 Å². The molecular weight excluding hydrogens is 186 g/mol. The molecule has 1 aliphatic heterocycles. The summed E-state index contributed by atoms with van der Waals surface area (Å²) in [6.07, 6.45) is 7.84. The lowest BCUT2D eigenvalue weighted by molar-refractivity contribution is 0.180. The van der Waals surface area contributed by atoms with Gasteiger partial charge in [-0.2, -0.15) is 0 Å². The molecule has 0 spiro atoms. The molecule has 0 amide bonds. The number of unbranched alkanes of at least 4 members (excludes halogenated alkanes) is 1. The van der Waals surface area contributed by atoms with Gasteiger partial charge in [0, 0.05) is 19.3 Å². The molecule has 1 aliphatic rings. The van der Waals surface area contributed by atoms with Crippen LogP contribution in [0.25, 0.3) is 0 Å². The molecule has 2 atom stereocenters. The zero-order valence-electron chi connectivity index (χ0n) is 10.4. The van der Waals surface area contributed by atoms with Crippen LogP contribution in [0.3, 0.4) is 0 Å². The minimum Gasteiger partial charge on any atom is -0.381 e. The Morgan fingerprint density at radius 2 is 2.20 bits per heavy atom. The van der Waals surface area contributed by atoms with Crippen molar-refractivity contribution in [3.8, 4) is 0 Å². The first-order valence-electron chi connectivity index (χ1n) is 6.68. The minimum atomic E-state index is 0.733. The van der Waals surface area contributed by atoms with Gasteiger partial charge in [0.15, 0.2) is 0 Å². The molecule has 90 valence electrons. The van der Waals surface area contributed by atoms with E-state index in [4.69, 9.17) is 4.74 Å². The summed E-state index contributed by atoms with van der Waals surface area (Å²) in [4.78, 5) is 0. The van der Waals surface area contributed by atoms with Crippen molar-refractivity contribution in [3.63, 3.8) is 0 Å². The lowest BCUT2D eigenvalue weighted by Gasteiger charge is -2.21. The van der Waals surface area contributed by atoms with Crippen molar-refractivity contribution in [2.75, 3.05) is 19.8 Å². The lowest BCUT2D eigenvalue weighted by atomic mass is 9.95. The van der Waals surface area contributed by atoms with E-state index >= 15 is 0 Å². The highest BCUT2D eigenvalue weighted by molar-refractivity contribution is 4.74. The fraction of sp³-hybridized carbons (Fsp3) is 1.00. The Balaban J connectivity index is 2.19. The van der Waals surface area contributed by atoms with E-state index in [0.29, 0.717) is 0 Å². The van der Waals surface area contributed by atoms with Crippen LogP contribution in [-0.4, -0.2) is 25.8 Å². The smallest absolute Gasteiger partial charge is 0.0495 e. The quantitative estimate of drug-likeness (QED) is 0.669. The maximum absolute atomic E-state index is 5.44. The highest BCUT2D eigenvalue weighted by atomic mass is 16.5. The maximum atomic E-state index is 5.44.